The normalized spacial score (nSPS) is 11.9. The molecule has 23 heavy (non-hydrogen) atoms. The zero-order valence-electron chi connectivity index (χ0n) is 12.4. The van der Waals surface area contributed by atoms with Gasteiger partial charge >= 0.3 is 0 Å². The van der Waals surface area contributed by atoms with Crippen LogP contribution in [-0.4, -0.2) is 18.5 Å². The first-order valence-corrected chi connectivity index (χ1v) is 8.44. The average Bonchev–Trinajstić information content (AvgIpc) is 2.55. The molecule has 0 unspecified atom stereocenters. The molecule has 2 aromatic carbocycles. The molecule has 0 spiro atoms. The van der Waals surface area contributed by atoms with Gasteiger partial charge in [0, 0.05) is 16.3 Å². The zero-order chi connectivity index (χ0) is 16.7. The van der Waals surface area contributed by atoms with E-state index in [4.69, 9.17) is 10.5 Å². The van der Waals surface area contributed by atoms with Crippen LogP contribution in [0.2, 0.25) is 0 Å². The molecule has 0 aliphatic carbocycles. The molecule has 120 valence electrons. The van der Waals surface area contributed by atoms with Crippen molar-refractivity contribution in [3.05, 3.63) is 63.9 Å². The molecular formula is C16H15BrFN3OS. The van der Waals surface area contributed by atoms with Crippen molar-refractivity contribution in [3.8, 4) is 5.75 Å². The molecule has 2 aromatic rings. The molecule has 2 rings (SSSR count). The fraction of sp³-hybridized carbons (Fsp3) is 0.125. The van der Waals surface area contributed by atoms with E-state index in [1.807, 2.05) is 30.3 Å². The summed E-state index contributed by atoms with van der Waals surface area (Å²) >= 11 is 4.66. The van der Waals surface area contributed by atoms with Crippen LogP contribution in [0.1, 0.15) is 11.1 Å². The number of hydrogen-bond acceptors (Lipinski definition) is 4. The Balaban J connectivity index is 2.03. The van der Waals surface area contributed by atoms with Crippen LogP contribution >= 0.6 is 27.7 Å². The van der Waals surface area contributed by atoms with Gasteiger partial charge in [0.05, 0.1) is 18.9 Å². The third-order valence-corrected chi connectivity index (χ3v) is 4.36. The number of hydrogen-bond donors (Lipinski definition) is 1. The van der Waals surface area contributed by atoms with E-state index in [-0.39, 0.29) is 0 Å². The molecule has 0 saturated carbocycles. The minimum absolute atomic E-state index is 0.349. The van der Waals surface area contributed by atoms with Gasteiger partial charge < -0.3 is 10.5 Å². The predicted octanol–water partition coefficient (Wildman–Crippen LogP) is 4.18. The molecule has 4 nitrogen and oxygen atoms in total. The van der Waals surface area contributed by atoms with E-state index in [2.05, 4.69) is 26.1 Å². The smallest absolute Gasteiger partial charge is 0.180 e. The molecule has 0 aromatic heterocycles. The van der Waals surface area contributed by atoms with Crippen LogP contribution in [-0.2, 0) is 5.75 Å². The first kappa shape index (κ1) is 17.5. The second-order valence-electron chi connectivity index (χ2n) is 4.46. The van der Waals surface area contributed by atoms with Gasteiger partial charge in [0.25, 0.3) is 0 Å². The molecule has 0 amide bonds. The van der Waals surface area contributed by atoms with Gasteiger partial charge in [-0.1, -0.05) is 42.1 Å². The molecule has 0 saturated heterocycles. The van der Waals surface area contributed by atoms with Gasteiger partial charge in [0.2, 0.25) is 0 Å². The van der Waals surface area contributed by atoms with E-state index in [0.29, 0.717) is 21.0 Å². The second kappa shape index (κ2) is 8.69. The third kappa shape index (κ3) is 5.37. The summed E-state index contributed by atoms with van der Waals surface area (Å²) in [5, 5.41) is 8.22. The topological polar surface area (TPSA) is 60.0 Å². The van der Waals surface area contributed by atoms with Crippen LogP contribution in [0.25, 0.3) is 0 Å². The van der Waals surface area contributed by atoms with Gasteiger partial charge in [0.15, 0.2) is 5.17 Å². The van der Waals surface area contributed by atoms with Crippen LogP contribution in [0, 0.1) is 5.82 Å². The Labute approximate surface area is 146 Å². The van der Waals surface area contributed by atoms with E-state index < -0.39 is 5.82 Å². The molecule has 0 aliphatic rings. The lowest BCUT2D eigenvalue weighted by atomic mass is 10.2. The predicted molar refractivity (Wildman–Crippen MR) is 97.6 cm³/mol. The van der Waals surface area contributed by atoms with Crippen LogP contribution in [0.3, 0.4) is 0 Å². The Kier molecular flexibility index (Phi) is 6.61. The summed E-state index contributed by atoms with van der Waals surface area (Å²) in [6, 6.07) is 12.6. The standard InChI is InChI=1S/C16H15BrFN3OS/c1-22-15-8-12(18)7-14(17)13(15)9-20-21-16(19)23-10-11-5-3-2-4-6-11/h2-9H,10H2,1H3,(H2,19,21). The maximum Gasteiger partial charge on any atom is 0.180 e. The summed E-state index contributed by atoms with van der Waals surface area (Å²) < 4.78 is 19.0. The van der Waals surface area contributed by atoms with Crippen LogP contribution in [0.4, 0.5) is 4.39 Å². The number of halogens is 2. The highest BCUT2D eigenvalue weighted by Gasteiger charge is 2.08. The molecule has 7 heteroatoms. The van der Waals surface area contributed by atoms with Crippen molar-refractivity contribution >= 4 is 39.1 Å². The zero-order valence-corrected chi connectivity index (χ0v) is 14.8. The summed E-state index contributed by atoms with van der Waals surface area (Å²) in [7, 11) is 1.46. The van der Waals surface area contributed by atoms with Gasteiger partial charge in [-0.3, -0.25) is 0 Å². The van der Waals surface area contributed by atoms with Crippen molar-refractivity contribution in [2.45, 2.75) is 5.75 Å². The maximum absolute atomic E-state index is 13.3. The molecule has 0 bridgehead atoms. The lowest BCUT2D eigenvalue weighted by Crippen LogP contribution is -2.06. The monoisotopic (exact) mass is 395 g/mol. The highest BCUT2D eigenvalue weighted by molar-refractivity contribution is 9.10. The Morgan fingerprint density at radius 1 is 1.35 bits per heavy atom. The first-order valence-electron chi connectivity index (χ1n) is 6.66. The molecule has 0 radical (unpaired) electrons. The number of nitrogens with two attached hydrogens (primary N) is 1. The summed E-state index contributed by atoms with van der Waals surface area (Å²) in [6.07, 6.45) is 1.47. The number of nitrogens with zero attached hydrogens (tertiary/aromatic N) is 2. The van der Waals surface area contributed by atoms with Crippen molar-refractivity contribution in [2.75, 3.05) is 7.11 Å². The highest BCUT2D eigenvalue weighted by Crippen LogP contribution is 2.26. The van der Waals surface area contributed by atoms with Gasteiger partial charge in [-0.05, 0) is 27.6 Å². The van der Waals surface area contributed by atoms with Crippen molar-refractivity contribution < 1.29 is 9.13 Å². The Morgan fingerprint density at radius 2 is 2.09 bits per heavy atom. The van der Waals surface area contributed by atoms with Crippen LogP contribution in [0.5, 0.6) is 5.75 Å². The van der Waals surface area contributed by atoms with Crippen molar-refractivity contribution in [3.63, 3.8) is 0 Å². The SMILES string of the molecule is COc1cc(F)cc(Br)c1C=NN=C(N)SCc1ccccc1. The van der Waals surface area contributed by atoms with Gasteiger partial charge in [-0.15, -0.1) is 5.10 Å². The van der Waals surface area contributed by atoms with Crippen molar-refractivity contribution in [1.29, 1.82) is 0 Å². The van der Waals surface area contributed by atoms with E-state index in [9.17, 15) is 4.39 Å². The van der Waals surface area contributed by atoms with E-state index in [0.717, 1.165) is 11.3 Å². The summed E-state index contributed by atoms with van der Waals surface area (Å²) in [5.74, 6) is 0.688. The van der Waals surface area contributed by atoms with Gasteiger partial charge in [0.1, 0.15) is 11.6 Å². The number of ether oxygens (including phenoxy) is 1. The van der Waals surface area contributed by atoms with Crippen molar-refractivity contribution in [2.24, 2.45) is 15.9 Å². The molecule has 0 fully saturated rings. The maximum atomic E-state index is 13.3. The lowest BCUT2D eigenvalue weighted by molar-refractivity contribution is 0.410. The number of benzene rings is 2. The highest BCUT2D eigenvalue weighted by atomic mass is 79.9. The molecule has 0 atom stereocenters. The second-order valence-corrected chi connectivity index (χ2v) is 6.31. The molecule has 0 heterocycles. The fourth-order valence-corrected chi connectivity index (χ4v) is 2.89. The minimum atomic E-state index is -0.396. The van der Waals surface area contributed by atoms with Crippen LogP contribution in [0.15, 0.2) is 57.1 Å². The van der Waals surface area contributed by atoms with E-state index in [1.54, 1.807) is 0 Å². The number of methoxy groups -OCH3 is 1. The summed E-state index contributed by atoms with van der Waals surface area (Å²) in [5.41, 5.74) is 7.57. The lowest BCUT2D eigenvalue weighted by Gasteiger charge is -2.06. The average molecular weight is 396 g/mol. The Hall–Kier alpha value is -1.86. The first-order chi connectivity index (χ1) is 11.1. The molecule has 0 aliphatic heterocycles. The molecule has 2 N–H and O–H groups in total. The summed E-state index contributed by atoms with van der Waals surface area (Å²) in [4.78, 5) is 0. The van der Waals surface area contributed by atoms with Gasteiger partial charge in [-0.25, -0.2) is 4.39 Å². The van der Waals surface area contributed by atoms with Gasteiger partial charge in [-0.2, -0.15) is 5.10 Å². The largest absolute Gasteiger partial charge is 0.496 e. The third-order valence-electron chi connectivity index (χ3n) is 2.85. The summed E-state index contributed by atoms with van der Waals surface area (Å²) in [6.45, 7) is 0. The van der Waals surface area contributed by atoms with Crippen molar-refractivity contribution in [1.82, 2.24) is 0 Å². The van der Waals surface area contributed by atoms with E-state index >= 15 is 0 Å². The minimum Gasteiger partial charge on any atom is -0.496 e. The fourth-order valence-electron chi connectivity index (χ4n) is 1.76. The Morgan fingerprint density at radius 3 is 2.78 bits per heavy atom. The van der Waals surface area contributed by atoms with E-state index in [1.165, 1.54) is 37.2 Å². The number of thioether (sulfide) groups is 1. The Bertz CT molecular complexity index is 723. The quantitative estimate of drug-likeness (QED) is 0.469. The number of rotatable bonds is 5. The molecular weight excluding hydrogens is 381 g/mol. The number of amidine groups is 1. The van der Waals surface area contributed by atoms with Crippen LogP contribution < -0.4 is 10.5 Å².